The number of hydrogen-bond acceptors (Lipinski definition) is 3. The fraction of sp³-hybridized carbons (Fsp3) is 0.600. The summed E-state index contributed by atoms with van der Waals surface area (Å²) in [6.45, 7) is 5.45. The van der Waals surface area contributed by atoms with Gasteiger partial charge in [-0.2, -0.15) is 0 Å². The van der Waals surface area contributed by atoms with Crippen molar-refractivity contribution >= 4 is 9.84 Å². The van der Waals surface area contributed by atoms with Gasteiger partial charge in [-0.05, 0) is 45.1 Å². The molecule has 0 aromatic heterocycles. The maximum Gasteiger partial charge on any atom is 0.152 e. The van der Waals surface area contributed by atoms with Crippen LogP contribution in [0.5, 0.6) is 0 Å². The molecule has 1 aromatic rings. The van der Waals surface area contributed by atoms with E-state index in [0.29, 0.717) is 6.42 Å². The summed E-state index contributed by atoms with van der Waals surface area (Å²) in [5.41, 5.74) is 2.35. The number of aliphatic hydroxyl groups excluding tert-OH is 1. The molecule has 19 heavy (non-hydrogen) atoms. The molecule has 0 aliphatic heterocycles. The summed E-state index contributed by atoms with van der Waals surface area (Å²) in [6.07, 6.45) is 1.25. The van der Waals surface area contributed by atoms with Crippen LogP contribution in [0.4, 0.5) is 0 Å². The fourth-order valence-electron chi connectivity index (χ4n) is 1.88. The fourth-order valence-corrected chi connectivity index (χ4v) is 3.02. The van der Waals surface area contributed by atoms with Gasteiger partial charge in [0.05, 0.1) is 11.0 Å². The van der Waals surface area contributed by atoms with Crippen molar-refractivity contribution in [3.05, 3.63) is 35.4 Å². The van der Waals surface area contributed by atoms with Gasteiger partial charge in [-0.15, -0.1) is 0 Å². The van der Waals surface area contributed by atoms with E-state index in [1.54, 1.807) is 13.8 Å². The third kappa shape index (κ3) is 5.33. The van der Waals surface area contributed by atoms with E-state index < -0.39 is 9.84 Å². The summed E-state index contributed by atoms with van der Waals surface area (Å²) in [7, 11) is -3.01. The van der Waals surface area contributed by atoms with Gasteiger partial charge in [0, 0.05) is 6.61 Å². The van der Waals surface area contributed by atoms with Gasteiger partial charge in [-0.1, -0.05) is 29.8 Å². The average Bonchev–Trinajstić information content (AvgIpc) is 2.36. The molecule has 0 aliphatic rings. The highest BCUT2D eigenvalue weighted by Gasteiger charge is 2.19. The molecule has 0 spiro atoms. The summed E-state index contributed by atoms with van der Waals surface area (Å²) in [5.74, 6) is 0.165. The van der Waals surface area contributed by atoms with E-state index in [1.807, 2.05) is 31.2 Å². The lowest BCUT2D eigenvalue weighted by Gasteiger charge is -2.15. The molecule has 0 saturated carbocycles. The molecule has 0 fully saturated rings. The van der Waals surface area contributed by atoms with Crippen LogP contribution in [0.15, 0.2) is 24.3 Å². The number of sulfone groups is 1. The molecule has 0 radical (unpaired) electrons. The predicted molar refractivity (Wildman–Crippen MR) is 79.0 cm³/mol. The zero-order valence-corrected chi connectivity index (χ0v) is 12.8. The molecule has 1 unspecified atom stereocenters. The van der Waals surface area contributed by atoms with Crippen LogP contribution in [0.2, 0.25) is 0 Å². The van der Waals surface area contributed by atoms with E-state index in [0.717, 1.165) is 12.0 Å². The summed E-state index contributed by atoms with van der Waals surface area (Å²) in [6, 6.07) is 8.15. The molecule has 1 rings (SSSR count). The molecule has 1 aromatic carbocycles. The molecule has 0 bridgehead atoms. The van der Waals surface area contributed by atoms with Crippen molar-refractivity contribution in [1.29, 1.82) is 0 Å². The molecule has 0 amide bonds. The first-order valence-corrected chi connectivity index (χ1v) is 8.44. The third-order valence-electron chi connectivity index (χ3n) is 3.43. The third-order valence-corrected chi connectivity index (χ3v) is 5.67. The lowest BCUT2D eigenvalue weighted by Crippen LogP contribution is -2.21. The van der Waals surface area contributed by atoms with E-state index >= 15 is 0 Å². The maximum absolute atomic E-state index is 11.8. The van der Waals surface area contributed by atoms with Crippen molar-refractivity contribution in [2.45, 2.75) is 38.9 Å². The quantitative estimate of drug-likeness (QED) is 0.836. The Labute approximate surface area is 116 Å². The Hall–Kier alpha value is -0.870. The molecule has 108 valence electrons. The van der Waals surface area contributed by atoms with Gasteiger partial charge in [0.15, 0.2) is 9.84 Å². The molecule has 1 atom stereocenters. The van der Waals surface area contributed by atoms with Crippen molar-refractivity contribution < 1.29 is 13.5 Å². The van der Waals surface area contributed by atoms with Crippen LogP contribution in [-0.4, -0.2) is 31.1 Å². The second-order valence-electron chi connectivity index (χ2n) is 5.44. The Morgan fingerprint density at radius 2 is 1.74 bits per heavy atom. The number of rotatable bonds is 7. The van der Waals surface area contributed by atoms with Crippen molar-refractivity contribution in [2.75, 3.05) is 12.4 Å². The second-order valence-corrected chi connectivity index (χ2v) is 8.12. The molecule has 0 saturated heterocycles. The molecule has 0 heterocycles. The van der Waals surface area contributed by atoms with Crippen LogP contribution in [0.25, 0.3) is 0 Å². The highest BCUT2D eigenvalue weighted by Crippen LogP contribution is 2.15. The first-order chi connectivity index (χ1) is 8.85. The molecule has 0 aliphatic carbocycles. The van der Waals surface area contributed by atoms with Crippen LogP contribution >= 0.6 is 0 Å². The van der Waals surface area contributed by atoms with Gasteiger partial charge in [0.25, 0.3) is 0 Å². The molecular formula is C15H24O3S. The first kappa shape index (κ1) is 16.2. The molecule has 1 N–H and O–H groups in total. The average molecular weight is 284 g/mol. The largest absolute Gasteiger partial charge is 0.396 e. The van der Waals surface area contributed by atoms with Crippen LogP contribution in [0, 0.1) is 12.8 Å². The van der Waals surface area contributed by atoms with Gasteiger partial charge in [-0.3, -0.25) is 0 Å². The molecule has 3 nitrogen and oxygen atoms in total. The minimum atomic E-state index is -3.01. The van der Waals surface area contributed by atoms with Crippen LogP contribution in [0.3, 0.4) is 0 Å². The van der Waals surface area contributed by atoms with E-state index in [2.05, 4.69) is 0 Å². The van der Waals surface area contributed by atoms with Gasteiger partial charge in [0.2, 0.25) is 0 Å². The molecule has 4 heteroatoms. The standard InChI is InChI=1S/C15H24O3S/c1-12(2)19(17,18)9-8-15(11-16)10-14-6-4-13(3)5-7-14/h4-7,12,15-16H,8-11H2,1-3H3. The monoisotopic (exact) mass is 284 g/mol. The normalized spacial score (nSPS) is 13.7. The minimum Gasteiger partial charge on any atom is -0.396 e. The maximum atomic E-state index is 11.8. The lowest BCUT2D eigenvalue weighted by molar-refractivity contribution is 0.222. The Balaban J connectivity index is 2.57. The Bertz CT molecular complexity index is 475. The van der Waals surface area contributed by atoms with Gasteiger partial charge in [0.1, 0.15) is 0 Å². The Morgan fingerprint density at radius 3 is 2.21 bits per heavy atom. The van der Waals surface area contributed by atoms with Crippen molar-refractivity contribution in [1.82, 2.24) is 0 Å². The van der Waals surface area contributed by atoms with Crippen LogP contribution in [0.1, 0.15) is 31.4 Å². The number of aryl methyl sites for hydroxylation is 1. The van der Waals surface area contributed by atoms with Gasteiger partial charge in [-0.25, -0.2) is 8.42 Å². The van der Waals surface area contributed by atoms with E-state index in [-0.39, 0.29) is 23.5 Å². The topological polar surface area (TPSA) is 54.4 Å². The Morgan fingerprint density at radius 1 is 1.16 bits per heavy atom. The predicted octanol–water partition coefficient (Wildman–Crippen LogP) is 2.36. The Kier molecular flexibility index (Phi) is 6.01. The smallest absolute Gasteiger partial charge is 0.152 e. The molecular weight excluding hydrogens is 260 g/mol. The minimum absolute atomic E-state index is 0.0104. The first-order valence-electron chi connectivity index (χ1n) is 6.73. The van der Waals surface area contributed by atoms with Crippen molar-refractivity contribution in [3.8, 4) is 0 Å². The van der Waals surface area contributed by atoms with Crippen LogP contribution < -0.4 is 0 Å². The SMILES string of the molecule is Cc1ccc(CC(CO)CCS(=O)(=O)C(C)C)cc1. The number of aliphatic hydroxyl groups is 1. The number of hydrogen-bond donors (Lipinski definition) is 1. The number of benzene rings is 1. The summed E-state index contributed by atoms with van der Waals surface area (Å²) in [4.78, 5) is 0. The van der Waals surface area contributed by atoms with Crippen LogP contribution in [-0.2, 0) is 16.3 Å². The van der Waals surface area contributed by atoms with Gasteiger partial charge < -0.3 is 5.11 Å². The van der Waals surface area contributed by atoms with Crippen molar-refractivity contribution in [2.24, 2.45) is 5.92 Å². The summed E-state index contributed by atoms with van der Waals surface area (Å²) >= 11 is 0. The van der Waals surface area contributed by atoms with E-state index in [9.17, 15) is 13.5 Å². The lowest BCUT2D eigenvalue weighted by atomic mass is 9.97. The van der Waals surface area contributed by atoms with Gasteiger partial charge >= 0.3 is 0 Å². The summed E-state index contributed by atoms with van der Waals surface area (Å²) < 4.78 is 23.5. The zero-order valence-electron chi connectivity index (χ0n) is 12.0. The van der Waals surface area contributed by atoms with Crippen molar-refractivity contribution in [3.63, 3.8) is 0 Å². The van der Waals surface area contributed by atoms with E-state index in [4.69, 9.17) is 0 Å². The highest BCUT2D eigenvalue weighted by atomic mass is 32.2. The second kappa shape index (κ2) is 7.06. The zero-order chi connectivity index (χ0) is 14.5. The summed E-state index contributed by atoms with van der Waals surface area (Å²) in [5, 5.41) is 9.04. The van der Waals surface area contributed by atoms with E-state index in [1.165, 1.54) is 5.56 Å². The highest BCUT2D eigenvalue weighted by molar-refractivity contribution is 7.91.